The molecule has 0 radical (unpaired) electrons. The van der Waals surface area contributed by atoms with Gasteiger partial charge in [-0.15, -0.1) is 0 Å². The molecule has 0 spiro atoms. The van der Waals surface area contributed by atoms with Gasteiger partial charge in [0.25, 0.3) is 0 Å². The van der Waals surface area contributed by atoms with Crippen LogP contribution >= 0.6 is 0 Å². The maximum Gasteiger partial charge on any atom is 0.309 e. The lowest BCUT2D eigenvalue weighted by Crippen LogP contribution is -2.48. The largest absolute Gasteiger partial charge is 0.497 e. The zero-order valence-corrected chi connectivity index (χ0v) is 15.5. The topological polar surface area (TPSA) is 55.8 Å². The van der Waals surface area contributed by atoms with Crippen molar-refractivity contribution in [1.82, 2.24) is 0 Å². The minimum atomic E-state index is -0.992. The van der Waals surface area contributed by atoms with Gasteiger partial charge in [-0.3, -0.25) is 4.79 Å². The molecule has 1 fully saturated rings. The van der Waals surface area contributed by atoms with Gasteiger partial charge in [-0.25, -0.2) is 0 Å². The van der Waals surface area contributed by atoms with Gasteiger partial charge in [0.1, 0.15) is 11.4 Å². The van der Waals surface area contributed by atoms with Crippen LogP contribution in [0.5, 0.6) is 5.75 Å². The standard InChI is InChI=1S/C21H28O4/c1-20(2,3)25-19(22)13-21(23)12-15-8-9-16(21)11-18(15)14-6-5-7-17(10-14)24-4/h5-7,10-11,15-16,23H,8-9,12-13H2,1-4H3/t15-,16-,21-/m1/s1. The van der Waals surface area contributed by atoms with E-state index in [1.807, 2.05) is 39.0 Å². The van der Waals surface area contributed by atoms with Crippen LogP contribution in [-0.4, -0.2) is 29.4 Å². The number of carbonyl (C=O) groups excluding carboxylic acids is 1. The van der Waals surface area contributed by atoms with E-state index in [2.05, 4.69) is 12.1 Å². The number of esters is 1. The summed E-state index contributed by atoms with van der Waals surface area (Å²) < 4.78 is 10.7. The summed E-state index contributed by atoms with van der Waals surface area (Å²) in [5, 5.41) is 11.1. The second-order valence-electron chi connectivity index (χ2n) is 8.31. The highest BCUT2D eigenvalue weighted by molar-refractivity contribution is 5.74. The summed E-state index contributed by atoms with van der Waals surface area (Å²) in [6.07, 6.45) is 4.80. The average molecular weight is 344 g/mol. The number of ether oxygens (including phenoxy) is 2. The SMILES string of the molecule is COc1cccc(C2=C[C@H]3CC[C@@H]2C[C@@]3(O)CC(=O)OC(C)(C)C)c1. The minimum absolute atomic E-state index is 0.00813. The Bertz CT molecular complexity index is 685. The number of benzene rings is 1. The van der Waals surface area contributed by atoms with Crippen molar-refractivity contribution in [1.29, 1.82) is 0 Å². The maximum absolute atomic E-state index is 12.2. The van der Waals surface area contributed by atoms with Crippen LogP contribution in [0.4, 0.5) is 0 Å². The molecule has 2 bridgehead atoms. The van der Waals surface area contributed by atoms with E-state index in [9.17, 15) is 9.90 Å². The molecule has 3 aliphatic rings. The fourth-order valence-electron chi connectivity index (χ4n) is 4.15. The van der Waals surface area contributed by atoms with E-state index < -0.39 is 11.2 Å². The third-order valence-corrected chi connectivity index (χ3v) is 5.21. The highest BCUT2D eigenvalue weighted by atomic mass is 16.6. The Morgan fingerprint density at radius 2 is 2.08 bits per heavy atom. The lowest BCUT2D eigenvalue weighted by molar-refractivity contribution is -0.164. The lowest BCUT2D eigenvalue weighted by Gasteiger charge is -2.47. The van der Waals surface area contributed by atoms with Crippen molar-refractivity contribution >= 4 is 11.5 Å². The molecular weight excluding hydrogens is 316 g/mol. The number of hydrogen-bond acceptors (Lipinski definition) is 4. The molecule has 0 aliphatic heterocycles. The summed E-state index contributed by atoms with van der Waals surface area (Å²) in [6.45, 7) is 5.55. The van der Waals surface area contributed by atoms with Crippen molar-refractivity contribution < 1.29 is 19.4 Å². The first-order chi connectivity index (χ1) is 11.7. The summed E-state index contributed by atoms with van der Waals surface area (Å²) in [5.41, 5.74) is 0.897. The first-order valence-corrected chi connectivity index (χ1v) is 9.00. The lowest BCUT2D eigenvalue weighted by atomic mass is 9.61. The summed E-state index contributed by atoms with van der Waals surface area (Å²) in [7, 11) is 1.67. The number of aliphatic hydroxyl groups is 1. The summed E-state index contributed by atoms with van der Waals surface area (Å²) in [5.74, 6) is 0.776. The predicted octanol–water partition coefficient (Wildman–Crippen LogP) is 3.97. The Morgan fingerprint density at radius 1 is 1.32 bits per heavy atom. The summed E-state index contributed by atoms with van der Waals surface area (Å²) in [6, 6.07) is 8.05. The smallest absolute Gasteiger partial charge is 0.309 e. The van der Waals surface area contributed by atoms with Gasteiger partial charge in [0, 0.05) is 5.92 Å². The number of fused-ring (bicyclic) bond motifs is 2. The molecule has 1 aromatic carbocycles. The highest BCUT2D eigenvalue weighted by Crippen LogP contribution is 2.51. The van der Waals surface area contributed by atoms with Gasteiger partial charge in [-0.1, -0.05) is 18.2 Å². The Morgan fingerprint density at radius 3 is 2.68 bits per heavy atom. The molecule has 0 heterocycles. The first kappa shape index (κ1) is 18.0. The fraction of sp³-hybridized carbons (Fsp3) is 0.571. The minimum Gasteiger partial charge on any atom is -0.497 e. The van der Waals surface area contributed by atoms with Crippen LogP contribution < -0.4 is 4.74 Å². The molecule has 0 unspecified atom stereocenters. The molecule has 0 aromatic heterocycles. The summed E-state index contributed by atoms with van der Waals surface area (Å²) in [4.78, 5) is 12.2. The van der Waals surface area contributed by atoms with E-state index in [0.717, 1.165) is 24.2 Å². The molecule has 4 rings (SSSR count). The van der Waals surface area contributed by atoms with Gasteiger partial charge in [-0.05, 0) is 69.2 Å². The molecule has 0 saturated heterocycles. The number of carbonyl (C=O) groups is 1. The third-order valence-electron chi connectivity index (χ3n) is 5.21. The van der Waals surface area contributed by atoms with Gasteiger partial charge in [0.05, 0.1) is 19.1 Å². The molecule has 3 atom stereocenters. The van der Waals surface area contributed by atoms with E-state index in [1.54, 1.807) is 7.11 Å². The van der Waals surface area contributed by atoms with Crippen molar-refractivity contribution in [3.63, 3.8) is 0 Å². The van der Waals surface area contributed by atoms with Crippen LogP contribution in [0.15, 0.2) is 30.3 Å². The van der Waals surface area contributed by atoms with E-state index in [0.29, 0.717) is 6.42 Å². The quantitative estimate of drug-likeness (QED) is 0.840. The van der Waals surface area contributed by atoms with Crippen molar-refractivity contribution in [2.45, 2.75) is 57.7 Å². The zero-order valence-electron chi connectivity index (χ0n) is 15.5. The highest BCUT2D eigenvalue weighted by Gasteiger charge is 2.48. The second kappa shape index (κ2) is 6.49. The van der Waals surface area contributed by atoms with Gasteiger partial charge >= 0.3 is 5.97 Å². The number of rotatable bonds is 4. The molecule has 0 amide bonds. The van der Waals surface area contributed by atoms with Crippen LogP contribution in [0, 0.1) is 11.8 Å². The zero-order chi connectivity index (χ0) is 18.2. The molecule has 4 heteroatoms. The molecule has 136 valence electrons. The van der Waals surface area contributed by atoms with Crippen LogP contribution in [0.2, 0.25) is 0 Å². The normalized spacial score (nSPS) is 28.4. The number of methoxy groups -OCH3 is 1. The third kappa shape index (κ3) is 3.90. The van der Waals surface area contributed by atoms with Crippen molar-refractivity contribution in [2.75, 3.05) is 7.11 Å². The fourth-order valence-corrected chi connectivity index (χ4v) is 4.15. The Hall–Kier alpha value is -1.81. The molecular formula is C21H28O4. The maximum atomic E-state index is 12.2. The van der Waals surface area contributed by atoms with Gasteiger partial charge in [0.2, 0.25) is 0 Å². The van der Waals surface area contributed by atoms with Crippen molar-refractivity contribution in [3.05, 3.63) is 35.9 Å². The number of hydrogen-bond donors (Lipinski definition) is 1. The summed E-state index contributed by atoms with van der Waals surface area (Å²) >= 11 is 0. The number of allylic oxidation sites excluding steroid dienone is 1. The molecule has 3 aliphatic carbocycles. The van der Waals surface area contributed by atoms with E-state index >= 15 is 0 Å². The van der Waals surface area contributed by atoms with Crippen LogP contribution in [0.25, 0.3) is 5.57 Å². The molecule has 1 aromatic rings. The average Bonchev–Trinajstić information content (AvgIpc) is 2.53. The monoisotopic (exact) mass is 344 g/mol. The van der Waals surface area contributed by atoms with Crippen molar-refractivity contribution in [2.24, 2.45) is 11.8 Å². The van der Waals surface area contributed by atoms with E-state index in [-0.39, 0.29) is 24.2 Å². The van der Waals surface area contributed by atoms with E-state index in [4.69, 9.17) is 9.47 Å². The first-order valence-electron chi connectivity index (χ1n) is 9.00. The van der Waals surface area contributed by atoms with Crippen molar-refractivity contribution in [3.8, 4) is 5.75 Å². The molecule has 4 nitrogen and oxygen atoms in total. The van der Waals surface area contributed by atoms with Gasteiger partial charge in [0.15, 0.2) is 0 Å². The van der Waals surface area contributed by atoms with Crippen LogP contribution in [-0.2, 0) is 9.53 Å². The van der Waals surface area contributed by atoms with Gasteiger partial charge in [-0.2, -0.15) is 0 Å². The Kier molecular flexibility index (Phi) is 4.67. The molecule has 25 heavy (non-hydrogen) atoms. The Labute approximate surface area is 149 Å². The van der Waals surface area contributed by atoms with Crippen LogP contribution in [0.1, 0.15) is 52.0 Å². The van der Waals surface area contributed by atoms with Gasteiger partial charge < -0.3 is 14.6 Å². The predicted molar refractivity (Wildman–Crippen MR) is 97.2 cm³/mol. The molecule has 1 saturated carbocycles. The Balaban J connectivity index is 1.80. The molecule has 1 N–H and O–H groups in total. The van der Waals surface area contributed by atoms with Crippen LogP contribution in [0.3, 0.4) is 0 Å². The second-order valence-corrected chi connectivity index (χ2v) is 8.31. The van der Waals surface area contributed by atoms with E-state index in [1.165, 1.54) is 5.57 Å².